The molecule has 1 aliphatic heterocycles. The molecule has 5 nitrogen and oxygen atoms in total. The lowest BCUT2D eigenvalue weighted by Gasteiger charge is -2.34. The molecule has 0 unspecified atom stereocenters. The maximum atomic E-state index is 13.3. The fraction of sp³-hybridized carbons (Fsp3) is 0.385. The lowest BCUT2D eigenvalue weighted by Crippen LogP contribution is -2.50. The van der Waals surface area contributed by atoms with Crippen LogP contribution in [0.2, 0.25) is 0 Å². The van der Waals surface area contributed by atoms with Crippen molar-refractivity contribution in [3.05, 3.63) is 29.6 Å². The number of nitrogen functional groups attached to an aromatic ring is 1. The zero-order valence-corrected chi connectivity index (χ0v) is 10.7. The van der Waals surface area contributed by atoms with Crippen molar-refractivity contribution in [3.8, 4) is 0 Å². The topological polar surface area (TPSA) is 66.6 Å². The van der Waals surface area contributed by atoms with E-state index in [2.05, 4.69) is 0 Å². The molecule has 0 saturated carbocycles. The van der Waals surface area contributed by atoms with Crippen molar-refractivity contribution in [2.75, 3.05) is 31.9 Å². The number of anilines is 1. The number of benzene rings is 1. The number of carbonyl (C=O) groups excluding carboxylic acids is 2. The number of amides is 2. The van der Waals surface area contributed by atoms with E-state index in [-0.39, 0.29) is 23.1 Å². The molecule has 0 atom stereocenters. The maximum Gasteiger partial charge on any atom is 0.254 e. The minimum Gasteiger partial charge on any atom is -0.396 e. The molecule has 1 aromatic rings. The Labute approximate surface area is 110 Å². The average molecular weight is 265 g/mol. The fourth-order valence-corrected chi connectivity index (χ4v) is 2.07. The quantitative estimate of drug-likeness (QED) is 0.761. The Morgan fingerprint density at radius 1 is 1.16 bits per heavy atom. The third-order valence-electron chi connectivity index (χ3n) is 3.26. The summed E-state index contributed by atoms with van der Waals surface area (Å²) < 4.78 is 13.3. The van der Waals surface area contributed by atoms with Gasteiger partial charge in [-0.05, 0) is 18.2 Å². The standard InChI is InChI=1S/C13H16FN3O2/c1-9(18)16-4-6-17(7-5-16)13(19)10-2-3-12(15)11(14)8-10/h2-3,8H,4-7,15H2,1H3. The van der Waals surface area contributed by atoms with Gasteiger partial charge in [-0.1, -0.05) is 0 Å². The van der Waals surface area contributed by atoms with Gasteiger partial charge in [0.05, 0.1) is 5.69 Å². The van der Waals surface area contributed by atoms with E-state index in [9.17, 15) is 14.0 Å². The maximum absolute atomic E-state index is 13.3. The van der Waals surface area contributed by atoms with Crippen molar-refractivity contribution in [2.24, 2.45) is 0 Å². The molecule has 0 radical (unpaired) electrons. The van der Waals surface area contributed by atoms with Crippen LogP contribution >= 0.6 is 0 Å². The Bertz CT molecular complexity index is 511. The molecule has 6 heteroatoms. The summed E-state index contributed by atoms with van der Waals surface area (Å²) in [5, 5.41) is 0. The van der Waals surface area contributed by atoms with E-state index in [1.54, 1.807) is 9.80 Å². The molecule has 1 aromatic carbocycles. The van der Waals surface area contributed by atoms with Crippen molar-refractivity contribution in [1.29, 1.82) is 0 Å². The van der Waals surface area contributed by atoms with Gasteiger partial charge in [-0.2, -0.15) is 0 Å². The molecule has 1 fully saturated rings. The molecular formula is C13H16FN3O2. The van der Waals surface area contributed by atoms with Crippen LogP contribution < -0.4 is 5.73 Å². The summed E-state index contributed by atoms with van der Waals surface area (Å²) in [5.41, 5.74) is 5.68. The Kier molecular flexibility index (Phi) is 3.69. The van der Waals surface area contributed by atoms with Crippen LogP contribution in [0.4, 0.5) is 10.1 Å². The minimum absolute atomic E-state index is 0.00521. The van der Waals surface area contributed by atoms with Crippen LogP contribution in [0.25, 0.3) is 0 Å². The number of rotatable bonds is 1. The molecule has 2 amide bonds. The summed E-state index contributed by atoms with van der Waals surface area (Å²) in [6, 6.07) is 4.04. The molecule has 2 rings (SSSR count). The van der Waals surface area contributed by atoms with E-state index < -0.39 is 5.82 Å². The second kappa shape index (κ2) is 5.26. The predicted octanol–water partition coefficient (Wildman–Crippen LogP) is 0.712. The highest BCUT2D eigenvalue weighted by Gasteiger charge is 2.23. The second-order valence-corrected chi connectivity index (χ2v) is 4.53. The SMILES string of the molecule is CC(=O)N1CCN(C(=O)c2ccc(N)c(F)c2)CC1. The smallest absolute Gasteiger partial charge is 0.254 e. The van der Waals surface area contributed by atoms with Crippen molar-refractivity contribution in [3.63, 3.8) is 0 Å². The summed E-state index contributed by atoms with van der Waals surface area (Å²) in [7, 11) is 0. The van der Waals surface area contributed by atoms with Crippen LogP contribution in [-0.4, -0.2) is 47.8 Å². The van der Waals surface area contributed by atoms with E-state index in [0.29, 0.717) is 26.2 Å². The van der Waals surface area contributed by atoms with Crippen LogP contribution in [0, 0.1) is 5.82 Å². The van der Waals surface area contributed by atoms with Crippen molar-refractivity contribution >= 4 is 17.5 Å². The molecule has 0 spiro atoms. The largest absolute Gasteiger partial charge is 0.396 e. The van der Waals surface area contributed by atoms with Gasteiger partial charge in [0.1, 0.15) is 5.82 Å². The lowest BCUT2D eigenvalue weighted by atomic mass is 10.1. The van der Waals surface area contributed by atoms with Crippen LogP contribution in [0.1, 0.15) is 17.3 Å². The third-order valence-corrected chi connectivity index (χ3v) is 3.26. The zero-order chi connectivity index (χ0) is 14.0. The van der Waals surface area contributed by atoms with E-state index in [4.69, 9.17) is 5.73 Å². The Balaban J connectivity index is 2.05. The van der Waals surface area contributed by atoms with E-state index >= 15 is 0 Å². The number of nitrogens with two attached hydrogens (primary N) is 1. The van der Waals surface area contributed by atoms with Gasteiger partial charge in [-0.25, -0.2) is 4.39 Å². The first kappa shape index (κ1) is 13.3. The highest BCUT2D eigenvalue weighted by molar-refractivity contribution is 5.94. The summed E-state index contributed by atoms with van der Waals surface area (Å²) in [6.45, 7) is 3.46. The molecule has 0 aliphatic carbocycles. The van der Waals surface area contributed by atoms with Crippen molar-refractivity contribution in [2.45, 2.75) is 6.92 Å². The van der Waals surface area contributed by atoms with E-state index in [1.165, 1.54) is 19.1 Å². The van der Waals surface area contributed by atoms with Crippen LogP contribution in [-0.2, 0) is 4.79 Å². The summed E-state index contributed by atoms with van der Waals surface area (Å²) in [4.78, 5) is 26.6. The number of nitrogens with zero attached hydrogens (tertiary/aromatic N) is 2. The van der Waals surface area contributed by atoms with Crippen LogP contribution in [0.3, 0.4) is 0 Å². The van der Waals surface area contributed by atoms with E-state index in [0.717, 1.165) is 6.07 Å². The summed E-state index contributed by atoms with van der Waals surface area (Å²) in [6.07, 6.45) is 0. The van der Waals surface area contributed by atoms with Crippen molar-refractivity contribution < 1.29 is 14.0 Å². The molecule has 19 heavy (non-hydrogen) atoms. The number of piperazine rings is 1. The lowest BCUT2D eigenvalue weighted by molar-refractivity contribution is -0.130. The van der Waals surface area contributed by atoms with Gasteiger partial charge in [0.2, 0.25) is 5.91 Å². The molecule has 1 aliphatic rings. The minimum atomic E-state index is -0.590. The third kappa shape index (κ3) is 2.83. The highest BCUT2D eigenvalue weighted by Crippen LogP contribution is 2.15. The van der Waals surface area contributed by atoms with Gasteiger partial charge < -0.3 is 15.5 Å². The molecule has 1 heterocycles. The van der Waals surface area contributed by atoms with Gasteiger partial charge in [0.15, 0.2) is 0 Å². The van der Waals surface area contributed by atoms with Gasteiger partial charge in [-0.3, -0.25) is 9.59 Å². The first-order valence-electron chi connectivity index (χ1n) is 6.09. The average Bonchev–Trinajstić information content (AvgIpc) is 2.41. The number of hydrogen-bond acceptors (Lipinski definition) is 3. The van der Waals surface area contributed by atoms with Crippen LogP contribution in [0.5, 0.6) is 0 Å². The van der Waals surface area contributed by atoms with Gasteiger partial charge in [0.25, 0.3) is 5.91 Å². The molecule has 102 valence electrons. The van der Waals surface area contributed by atoms with Crippen molar-refractivity contribution in [1.82, 2.24) is 9.80 Å². The van der Waals surface area contributed by atoms with Gasteiger partial charge in [-0.15, -0.1) is 0 Å². The first-order chi connectivity index (χ1) is 8.99. The molecule has 0 aromatic heterocycles. The second-order valence-electron chi connectivity index (χ2n) is 4.53. The molecule has 1 saturated heterocycles. The summed E-state index contributed by atoms with van der Waals surface area (Å²) >= 11 is 0. The highest BCUT2D eigenvalue weighted by atomic mass is 19.1. The van der Waals surface area contributed by atoms with Gasteiger partial charge in [0, 0.05) is 38.7 Å². The normalized spacial score (nSPS) is 15.5. The first-order valence-corrected chi connectivity index (χ1v) is 6.09. The monoisotopic (exact) mass is 265 g/mol. The number of halogens is 1. The Hall–Kier alpha value is -2.11. The van der Waals surface area contributed by atoms with E-state index in [1.807, 2.05) is 0 Å². The fourth-order valence-electron chi connectivity index (χ4n) is 2.07. The number of hydrogen-bond donors (Lipinski definition) is 1. The Morgan fingerprint density at radius 3 is 2.26 bits per heavy atom. The van der Waals surface area contributed by atoms with Gasteiger partial charge >= 0.3 is 0 Å². The molecule has 0 bridgehead atoms. The number of carbonyl (C=O) groups is 2. The summed E-state index contributed by atoms with van der Waals surface area (Å²) in [5.74, 6) is -0.819. The predicted molar refractivity (Wildman–Crippen MR) is 69.0 cm³/mol. The van der Waals surface area contributed by atoms with Crippen LogP contribution in [0.15, 0.2) is 18.2 Å². The molecular weight excluding hydrogens is 249 g/mol. The zero-order valence-electron chi connectivity index (χ0n) is 10.7. The Morgan fingerprint density at radius 2 is 1.74 bits per heavy atom. The molecule has 2 N–H and O–H groups in total.